The van der Waals surface area contributed by atoms with Gasteiger partial charge in [0.05, 0.1) is 7.11 Å². The summed E-state index contributed by atoms with van der Waals surface area (Å²) in [6, 6.07) is 27.0. The summed E-state index contributed by atoms with van der Waals surface area (Å²) in [4.78, 5) is 0. The van der Waals surface area contributed by atoms with Crippen molar-refractivity contribution in [2.75, 3.05) is 7.11 Å². The molecule has 0 unspecified atom stereocenters. The molecule has 0 aliphatic carbocycles. The standard InChI is InChI=1S/C13H12O.C6H6O/c1-14-13-10-6-5-9-12(13)11-7-3-2-4-8-11;7-6-4-2-1-3-5-6/h2-10H,1H3;1-5,7H. The van der Waals surface area contributed by atoms with E-state index in [-0.39, 0.29) is 0 Å². The Kier molecular flexibility index (Phi) is 5.41. The third-order valence-electron chi connectivity index (χ3n) is 2.95. The quantitative estimate of drug-likeness (QED) is 0.732. The van der Waals surface area contributed by atoms with Crippen molar-refractivity contribution in [1.29, 1.82) is 0 Å². The van der Waals surface area contributed by atoms with Crippen molar-refractivity contribution < 1.29 is 9.84 Å². The zero-order valence-electron chi connectivity index (χ0n) is 11.9. The minimum atomic E-state index is 0.322. The zero-order valence-corrected chi connectivity index (χ0v) is 11.9. The average Bonchev–Trinajstić information content (AvgIpc) is 2.57. The first-order valence-corrected chi connectivity index (χ1v) is 6.73. The number of hydrogen-bond donors (Lipinski definition) is 1. The van der Waals surface area contributed by atoms with E-state index in [1.165, 1.54) is 5.56 Å². The average molecular weight is 278 g/mol. The SMILES string of the molecule is COc1ccccc1-c1ccccc1.Oc1ccccc1. The van der Waals surface area contributed by atoms with Crippen LogP contribution in [-0.4, -0.2) is 12.2 Å². The zero-order chi connectivity index (χ0) is 14.9. The largest absolute Gasteiger partial charge is 0.508 e. The Morgan fingerprint density at radius 3 is 1.71 bits per heavy atom. The van der Waals surface area contributed by atoms with Crippen molar-refractivity contribution in [3.8, 4) is 22.6 Å². The summed E-state index contributed by atoms with van der Waals surface area (Å²) < 4.78 is 5.30. The third kappa shape index (κ3) is 4.39. The summed E-state index contributed by atoms with van der Waals surface area (Å²) in [7, 11) is 1.70. The third-order valence-corrected chi connectivity index (χ3v) is 2.95. The van der Waals surface area contributed by atoms with E-state index in [4.69, 9.17) is 9.84 Å². The summed E-state index contributed by atoms with van der Waals surface area (Å²) in [5, 5.41) is 8.63. The number of ether oxygens (including phenoxy) is 1. The van der Waals surface area contributed by atoms with Crippen molar-refractivity contribution in [3.63, 3.8) is 0 Å². The van der Waals surface area contributed by atoms with Crippen LogP contribution in [0.1, 0.15) is 0 Å². The smallest absolute Gasteiger partial charge is 0.126 e. The molecule has 106 valence electrons. The van der Waals surface area contributed by atoms with Crippen molar-refractivity contribution >= 4 is 0 Å². The molecule has 21 heavy (non-hydrogen) atoms. The molecule has 2 heteroatoms. The lowest BCUT2D eigenvalue weighted by molar-refractivity contribution is 0.416. The fourth-order valence-corrected chi connectivity index (χ4v) is 1.93. The maximum atomic E-state index is 8.63. The number of phenols is 1. The minimum absolute atomic E-state index is 0.322. The first-order valence-electron chi connectivity index (χ1n) is 6.73. The number of phenolic OH excluding ortho intramolecular Hbond substituents is 1. The molecule has 1 N–H and O–H groups in total. The van der Waals surface area contributed by atoms with Gasteiger partial charge in [0.1, 0.15) is 11.5 Å². The molecule has 0 bridgehead atoms. The molecular weight excluding hydrogens is 260 g/mol. The van der Waals surface area contributed by atoms with Crippen molar-refractivity contribution in [2.45, 2.75) is 0 Å². The first-order chi connectivity index (χ1) is 10.3. The lowest BCUT2D eigenvalue weighted by Crippen LogP contribution is -1.86. The van der Waals surface area contributed by atoms with Gasteiger partial charge in [0.2, 0.25) is 0 Å². The monoisotopic (exact) mass is 278 g/mol. The second-order valence-electron chi connectivity index (χ2n) is 4.40. The van der Waals surface area contributed by atoms with Crippen LogP contribution >= 0.6 is 0 Å². The lowest BCUT2D eigenvalue weighted by atomic mass is 10.1. The van der Waals surface area contributed by atoms with Crippen LogP contribution in [0.2, 0.25) is 0 Å². The highest BCUT2D eigenvalue weighted by atomic mass is 16.5. The highest BCUT2D eigenvalue weighted by molar-refractivity contribution is 5.70. The number of aromatic hydroxyl groups is 1. The van der Waals surface area contributed by atoms with E-state index in [1.54, 1.807) is 31.4 Å². The van der Waals surface area contributed by atoms with Crippen LogP contribution in [0, 0.1) is 0 Å². The van der Waals surface area contributed by atoms with Gasteiger partial charge in [0.25, 0.3) is 0 Å². The molecule has 0 aliphatic rings. The predicted octanol–water partition coefficient (Wildman–Crippen LogP) is 4.75. The van der Waals surface area contributed by atoms with Gasteiger partial charge in [-0.2, -0.15) is 0 Å². The van der Waals surface area contributed by atoms with Crippen LogP contribution in [-0.2, 0) is 0 Å². The van der Waals surface area contributed by atoms with Crippen LogP contribution in [0.15, 0.2) is 84.9 Å². The molecule has 0 aromatic heterocycles. The van der Waals surface area contributed by atoms with E-state index in [0.29, 0.717) is 5.75 Å². The fraction of sp³-hybridized carbons (Fsp3) is 0.0526. The van der Waals surface area contributed by atoms with E-state index < -0.39 is 0 Å². The summed E-state index contributed by atoms with van der Waals surface area (Å²) in [6.07, 6.45) is 0. The molecule has 0 fully saturated rings. The van der Waals surface area contributed by atoms with Crippen LogP contribution in [0.3, 0.4) is 0 Å². The molecular formula is C19H18O2. The van der Waals surface area contributed by atoms with Crippen LogP contribution < -0.4 is 4.74 Å². The first kappa shape index (κ1) is 14.7. The molecule has 0 atom stereocenters. The molecule has 3 rings (SSSR count). The maximum Gasteiger partial charge on any atom is 0.126 e. The minimum Gasteiger partial charge on any atom is -0.508 e. The van der Waals surface area contributed by atoms with Gasteiger partial charge in [-0.25, -0.2) is 0 Å². The molecule has 0 amide bonds. The molecule has 0 saturated carbocycles. The van der Waals surface area contributed by atoms with Gasteiger partial charge in [-0.3, -0.25) is 0 Å². The Balaban J connectivity index is 0.000000194. The molecule has 0 saturated heterocycles. The summed E-state index contributed by atoms with van der Waals surface area (Å²) in [6.45, 7) is 0. The highest BCUT2D eigenvalue weighted by Gasteiger charge is 2.02. The second-order valence-corrected chi connectivity index (χ2v) is 4.40. The Labute approximate surface area is 125 Å². The van der Waals surface area contributed by atoms with E-state index in [1.807, 2.05) is 42.5 Å². The molecule has 3 aromatic rings. The van der Waals surface area contributed by atoms with Gasteiger partial charge in [0, 0.05) is 5.56 Å². The summed E-state index contributed by atoms with van der Waals surface area (Å²) in [5.41, 5.74) is 2.32. The van der Waals surface area contributed by atoms with Crippen molar-refractivity contribution in [2.24, 2.45) is 0 Å². The Hall–Kier alpha value is -2.74. The Bertz CT molecular complexity index is 649. The van der Waals surface area contributed by atoms with E-state index >= 15 is 0 Å². The molecule has 0 aliphatic heterocycles. The molecule has 0 radical (unpaired) electrons. The van der Waals surface area contributed by atoms with Crippen molar-refractivity contribution in [3.05, 3.63) is 84.9 Å². The maximum absolute atomic E-state index is 8.63. The van der Waals surface area contributed by atoms with Crippen LogP contribution in [0.4, 0.5) is 0 Å². The van der Waals surface area contributed by atoms with Gasteiger partial charge >= 0.3 is 0 Å². The van der Waals surface area contributed by atoms with Gasteiger partial charge < -0.3 is 9.84 Å². The molecule has 0 heterocycles. The summed E-state index contributed by atoms with van der Waals surface area (Å²) in [5.74, 6) is 1.24. The van der Waals surface area contributed by atoms with Gasteiger partial charge in [-0.15, -0.1) is 0 Å². The number of benzene rings is 3. The van der Waals surface area contributed by atoms with E-state index in [9.17, 15) is 0 Å². The number of para-hydroxylation sites is 2. The predicted molar refractivity (Wildman–Crippen MR) is 86.5 cm³/mol. The van der Waals surface area contributed by atoms with Crippen LogP contribution in [0.25, 0.3) is 11.1 Å². The number of hydrogen-bond acceptors (Lipinski definition) is 2. The molecule has 0 spiro atoms. The normalized spacial score (nSPS) is 9.38. The topological polar surface area (TPSA) is 29.5 Å². The number of rotatable bonds is 2. The summed E-state index contributed by atoms with van der Waals surface area (Å²) >= 11 is 0. The Morgan fingerprint density at radius 1 is 0.667 bits per heavy atom. The van der Waals surface area contributed by atoms with Crippen molar-refractivity contribution in [1.82, 2.24) is 0 Å². The number of methoxy groups -OCH3 is 1. The van der Waals surface area contributed by atoms with Crippen LogP contribution in [0.5, 0.6) is 11.5 Å². The Morgan fingerprint density at radius 2 is 1.19 bits per heavy atom. The fourth-order valence-electron chi connectivity index (χ4n) is 1.93. The van der Waals surface area contributed by atoms with E-state index in [0.717, 1.165) is 11.3 Å². The second kappa shape index (κ2) is 7.75. The van der Waals surface area contributed by atoms with Gasteiger partial charge in [-0.1, -0.05) is 66.7 Å². The van der Waals surface area contributed by atoms with E-state index in [2.05, 4.69) is 18.2 Å². The highest BCUT2D eigenvalue weighted by Crippen LogP contribution is 2.28. The van der Waals surface area contributed by atoms with Gasteiger partial charge in [0.15, 0.2) is 0 Å². The van der Waals surface area contributed by atoms with Gasteiger partial charge in [-0.05, 0) is 23.8 Å². The lowest BCUT2D eigenvalue weighted by Gasteiger charge is -2.07. The molecule has 2 nitrogen and oxygen atoms in total. The molecule has 3 aromatic carbocycles.